The van der Waals surface area contributed by atoms with Gasteiger partial charge in [-0.2, -0.15) is 0 Å². The van der Waals surface area contributed by atoms with Gasteiger partial charge in [-0.25, -0.2) is 0 Å². The van der Waals surface area contributed by atoms with Gasteiger partial charge in [0.15, 0.2) is 0 Å². The van der Waals surface area contributed by atoms with Crippen LogP contribution in [0.1, 0.15) is 32.6 Å². The van der Waals surface area contributed by atoms with Gasteiger partial charge in [0, 0.05) is 6.04 Å². The van der Waals surface area contributed by atoms with Crippen molar-refractivity contribution < 1.29 is 5.11 Å². The number of aliphatic hydroxyl groups is 1. The lowest BCUT2D eigenvalue weighted by Crippen LogP contribution is -2.41. The van der Waals surface area contributed by atoms with Gasteiger partial charge in [-0.3, -0.25) is 5.32 Å². The fourth-order valence-corrected chi connectivity index (χ4v) is 1.68. The maximum atomic E-state index is 9.50. The van der Waals surface area contributed by atoms with E-state index >= 15 is 0 Å². The molecule has 0 bridgehead atoms. The Labute approximate surface area is 74.4 Å². The lowest BCUT2D eigenvalue weighted by molar-refractivity contribution is 0.146. The molecule has 68 valence electrons. The van der Waals surface area contributed by atoms with Crippen LogP contribution in [-0.2, 0) is 0 Å². The van der Waals surface area contributed by atoms with Gasteiger partial charge in [0.25, 0.3) is 0 Å². The lowest BCUT2D eigenvalue weighted by Gasteiger charge is -2.20. The quantitative estimate of drug-likeness (QED) is 0.612. The molecule has 2 nitrogen and oxygen atoms in total. The van der Waals surface area contributed by atoms with Crippen molar-refractivity contribution in [3.05, 3.63) is 0 Å². The Morgan fingerprint density at radius 3 is 2.83 bits per heavy atom. The van der Waals surface area contributed by atoms with E-state index in [1.54, 1.807) is 0 Å². The maximum Gasteiger partial charge on any atom is 0.0693 e. The molecule has 0 aromatic rings. The van der Waals surface area contributed by atoms with Crippen molar-refractivity contribution >= 4 is 0 Å². The SMILES string of the molecule is C#CC(CC)N[C@H]1CCC[C@@H]1O. The second kappa shape index (κ2) is 4.49. The third-order valence-electron chi connectivity index (χ3n) is 2.50. The molecule has 1 saturated carbocycles. The van der Waals surface area contributed by atoms with E-state index < -0.39 is 0 Å². The van der Waals surface area contributed by atoms with Crippen LogP contribution >= 0.6 is 0 Å². The standard InChI is InChI=1S/C10H17NO/c1-3-8(4-2)11-9-6-5-7-10(9)12/h1,8-12H,4-7H2,2H3/t8?,9-,10-/m0/s1. The summed E-state index contributed by atoms with van der Waals surface area (Å²) < 4.78 is 0. The van der Waals surface area contributed by atoms with Crippen molar-refractivity contribution in [1.82, 2.24) is 5.32 Å². The zero-order valence-corrected chi connectivity index (χ0v) is 7.59. The van der Waals surface area contributed by atoms with Crippen molar-refractivity contribution in [3.63, 3.8) is 0 Å². The van der Waals surface area contributed by atoms with Crippen LogP contribution in [0.5, 0.6) is 0 Å². The fraction of sp³-hybridized carbons (Fsp3) is 0.800. The van der Waals surface area contributed by atoms with Gasteiger partial charge in [0.2, 0.25) is 0 Å². The van der Waals surface area contributed by atoms with Crippen LogP contribution in [0.2, 0.25) is 0 Å². The zero-order chi connectivity index (χ0) is 8.97. The summed E-state index contributed by atoms with van der Waals surface area (Å²) in [6.45, 7) is 2.05. The number of aliphatic hydroxyl groups excluding tert-OH is 1. The van der Waals surface area contributed by atoms with E-state index in [0.717, 1.165) is 25.7 Å². The van der Waals surface area contributed by atoms with Crippen molar-refractivity contribution in [2.75, 3.05) is 0 Å². The molecule has 2 heteroatoms. The molecule has 0 aliphatic heterocycles. The summed E-state index contributed by atoms with van der Waals surface area (Å²) in [5.41, 5.74) is 0. The Morgan fingerprint density at radius 1 is 1.67 bits per heavy atom. The molecule has 0 heterocycles. The van der Waals surface area contributed by atoms with Crippen LogP contribution in [0.3, 0.4) is 0 Å². The summed E-state index contributed by atoms with van der Waals surface area (Å²) in [6, 6.07) is 0.355. The van der Waals surface area contributed by atoms with E-state index in [2.05, 4.69) is 18.2 Å². The zero-order valence-electron chi connectivity index (χ0n) is 7.59. The topological polar surface area (TPSA) is 32.3 Å². The molecule has 1 rings (SSSR count). The van der Waals surface area contributed by atoms with Crippen LogP contribution in [0.25, 0.3) is 0 Å². The van der Waals surface area contributed by atoms with Crippen molar-refractivity contribution in [3.8, 4) is 12.3 Å². The van der Waals surface area contributed by atoms with Crippen molar-refractivity contribution in [2.45, 2.75) is 50.8 Å². The first-order chi connectivity index (χ1) is 5.77. The fourth-order valence-electron chi connectivity index (χ4n) is 1.68. The first-order valence-corrected chi connectivity index (χ1v) is 4.68. The summed E-state index contributed by atoms with van der Waals surface area (Å²) in [4.78, 5) is 0. The maximum absolute atomic E-state index is 9.50. The lowest BCUT2D eigenvalue weighted by atomic mass is 10.1. The molecule has 1 aliphatic carbocycles. The summed E-state index contributed by atoms with van der Waals surface area (Å²) in [5.74, 6) is 2.68. The molecule has 0 amide bonds. The van der Waals surface area contributed by atoms with E-state index in [1.807, 2.05) is 0 Å². The summed E-state index contributed by atoms with van der Waals surface area (Å²) in [5, 5.41) is 12.8. The third kappa shape index (κ3) is 2.23. The highest BCUT2D eigenvalue weighted by atomic mass is 16.3. The molecule has 3 atom stereocenters. The number of hydrogen-bond acceptors (Lipinski definition) is 2. The smallest absolute Gasteiger partial charge is 0.0693 e. The van der Waals surface area contributed by atoms with E-state index in [1.165, 1.54) is 0 Å². The average Bonchev–Trinajstić information content (AvgIpc) is 2.47. The normalized spacial score (nSPS) is 31.4. The van der Waals surface area contributed by atoms with Gasteiger partial charge in [0.05, 0.1) is 12.1 Å². The van der Waals surface area contributed by atoms with Crippen LogP contribution in [0, 0.1) is 12.3 Å². The van der Waals surface area contributed by atoms with E-state index in [4.69, 9.17) is 6.42 Å². The molecule has 1 fully saturated rings. The molecule has 0 aromatic carbocycles. The highest BCUT2D eigenvalue weighted by Gasteiger charge is 2.25. The summed E-state index contributed by atoms with van der Waals surface area (Å²) >= 11 is 0. The minimum atomic E-state index is -0.188. The van der Waals surface area contributed by atoms with Crippen molar-refractivity contribution in [2.24, 2.45) is 0 Å². The van der Waals surface area contributed by atoms with Gasteiger partial charge < -0.3 is 5.11 Å². The van der Waals surface area contributed by atoms with E-state index in [-0.39, 0.29) is 18.2 Å². The minimum absolute atomic E-state index is 0.128. The Balaban J connectivity index is 2.34. The van der Waals surface area contributed by atoms with Gasteiger partial charge in [-0.1, -0.05) is 12.8 Å². The largest absolute Gasteiger partial charge is 0.392 e. The Bertz CT molecular complexity index is 173. The van der Waals surface area contributed by atoms with Crippen LogP contribution in [0.4, 0.5) is 0 Å². The molecule has 0 aromatic heterocycles. The van der Waals surface area contributed by atoms with E-state index in [0.29, 0.717) is 0 Å². The first-order valence-electron chi connectivity index (χ1n) is 4.68. The number of hydrogen-bond donors (Lipinski definition) is 2. The molecule has 0 saturated heterocycles. The average molecular weight is 167 g/mol. The second-order valence-electron chi connectivity index (χ2n) is 3.40. The minimum Gasteiger partial charge on any atom is -0.392 e. The summed E-state index contributed by atoms with van der Waals surface area (Å²) in [7, 11) is 0. The van der Waals surface area contributed by atoms with Gasteiger partial charge in [0.1, 0.15) is 0 Å². The Hall–Kier alpha value is -0.520. The van der Waals surface area contributed by atoms with Gasteiger partial charge in [-0.05, 0) is 25.7 Å². The van der Waals surface area contributed by atoms with Gasteiger partial charge in [-0.15, -0.1) is 6.42 Å². The van der Waals surface area contributed by atoms with Crippen LogP contribution in [-0.4, -0.2) is 23.3 Å². The Morgan fingerprint density at radius 2 is 2.42 bits per heavy atom. The molecule has 1 unspecified atom stereocenters. The molecule has 0 radical (unpaired) electrons. The number of rotatable bonds is 3. The highest BCUT2D eigenvalue weighted by molar-refractivity contribution is 5.00. The molecule has 2 N–H and O–H groups in total. The summed E-state index contributed by atoms with van der Waals surface area (Å²) in [6.07, 6.45) is 9.14. The molecule has 12 heavy (non-hydrogen) atoms. The predicted octanol–water partition coefficient (Wildman–Crippen LogP) is 0.901. The highest BCUT2D eigenvalue weighted by Crippen LogP contribution is 2.19. The van der Waals surface area contributed by atoms with Crippen LogP contribution < -0.4 is 5.32 Å². The molecule has 1 aliphatic rings. The molecular weight excluding hydrogens is 150 g/mol. The van der Waals surface area contributed by atoms with E-state index in [9.17, 15) is 5.11 Å². The second-order valence-corrected chi connectivity index (χ2v) is 3.40. The van der Waals surface area contributed by atoms with Gasteiger partial charge >= 0.3 is 0 Å². The first kappa shape index (κ1) is 9.57. The predicted molar refractivity (Wildman–Crippen MR) is 49.7 cm³/mol. The monoisotopic (exact) mass is 167 g/mol. The Kier molecular flexibility index (Phi) is 3.58. The van der Waals surface area contributed by atoms with Crippen LogP contribution in [0.15, 0.2) is 0 Å². The molecule has 0 spiro atoms. The molecular formula is C10H17NO. The number of terminal acetylenes is 1. The van der Waals surface area contributed by atoms with Crippen molar-refractivity contribution in [1.29, 1.82) is 0 Å². The number of nitrogens with one attached hydrogen (secondary N) is 1. The third-order valence-corrected chi connectivity index (χ3v) is 2.50.